The molecule has 1 N–H and O–H groups in total. The molecule has 0 aliphatic carbocycles. The van der Waals surface area contributed by atoms with Crippen LogP contribution in [0.25, 0.3) is 0 Å². The number of nitro groups is 1. The molecule has 88 valence electrons. The van der Waals surface area contributed by atoms with Gasteiger partial charge in [0.15, 0.2) is 0 Å². The maximum atomic E-state index is 10.6. The molecule has 0 aliphatic heterocycles. The normalized spacial score (nSPS) is 12.2. The lowest BCUT2D eigenvalue weighted by atomic mass is 10.1. The number of hydrogen-bond donors (Lipinski definition) is 1. The molecule has 1 aromatic rings. The third-order valence-corrected chi connectivity index (χ3v) is 2.31. The van der Waals surface area contributed by atoms with E-state index in [1.807, 2.05) is 0 Å². The SMILES string of the molecule is COc1cc([N+](=O)[O-])ccc1CC[C@H](C)O. The fourth-order valence-electron chi connectivity index (χ4n) is 1.42. The Labute approximate surface area is 93.8 Å². The fourth-order valence-corrected chi connectivity index (χ4v) is 1.42. The predicted octanol–water partition coefficient (Wildman–Crippen LogP) is 1.92. The summed E-state index contributed by atoms with van der Waals surface area (Å²) < 4.78 is 5.08. The molecule has 0 radical (unpaired) electrons. The maximum Gasteiger partial charge on any atom is 0.273 e. The second-order valence-electron chi connectivity index (χ2n) is 3.64. The number of methoxy groups -OCH3 is 1. The lowest BCUT2D eigenvalue weighted by Crippen LogP contribution is -2.03. The molecule has 0 fully saturated rings. The van der Waals surface area contributed by atoms with Crippen molar-refractivity contribution in [2.75, 3.05) is 7.11 Å². The summed E-state index contributed by atoms with van der Waals surface area (Å²) in [5.74, 6) is 0.495. The molecule has 1 atom stereocenters. The van der Waals surface area contributed by atoms with Gasteiger partial charge in [-0.3, -0.25) is 10.1 Å². The van der Waals surface area contributed by atoms with Crippen molar-refractivity contribution in [3.8, 4) is 5.75 Å². The van der Waals surface area contributed by atoms with Crippen LogP contribution in [0.15, 0.2) is 18.2 Å². The van der Waals surface area contributed by atoms with Gasteiger partial charge >= 0.3 is 0 Å². The number of aliphatic hydroxyl groups excluding tert-OH is 1. The molecule has 0 saturated heterocycles. The number of non-ortho nitro benzene ring substituents is 1. The van der Waals surface area contributed by atoms with Crippen molar-refractivity contribution >= 4 is 5.69 Å². The molecule has 16 heavy (non-hydrogen) atoms. The van der Waals surface area contributed by atoms with Crippen LogP contribution >= 0.6 is 0 Å². The van der Waals surface area contributed by atoms with Gasteiger partial charge in [-0.05, 0) is 31.4 Å². The summed E-state index contributed by atoms with van der Waals surface area (Å²) >= 11 is 0. The fraction of sp³-hybridized carbons (Fsp3) is 0.455. The van der Waals surface area contributed by atoms with Crippen LogP contribution in [-0.2, 0) is 6.42 Å². The number of nitro benzene ring substituents is 1. The highest BCUT2D eigenvalue weighted by Gasteiger charge is 2.11. The summed E-state index contributed by atoms with van der Waals surface area (Å²) in [6.07, 6.45) is 0.854. The Morgan fingerprint density at radius 1 is 1.56 bits per heavy atom. The molecule has 1 rings (SSSR count). The maximum absolute atomic E-state index is 10.6. The number of aryl methyl sites for hydroxylation is 1. The van der Waals surface area contributed by atoms with Gasteiger partial charge in [0.05, 0.1) is 24.2 Å². The zero-order valence-electron chi connectivity index (χ0n) is 9.34. The molecule has 0 spiro atoms. The van der Waals surface area contributed by atoms with Gasteiger partial charge in [0.1, 0.15) is 5.75 Å². The van der Waals surface area contributed by atoms with Crippen molar-refractivity contribution in [2.45, 2.75) is 25.9 Å². The standard InChI is InChI=1S/C11H15NO4/c1-8(13)3-4-9-5-6-10(12(14)15)7-11(9)16-2/h5-8,13H,3-4H2,1-2H3/t8-/m0/s1. The van der Waals surface area contributed by atoms with E-state index < -0.39 is 4.92 Å². The van der Waals surface area contributed by atoms with Crippen molar-refractivity contribution in [1.82, 2.24) is 0 Å². The van der Waals surface area contributed by atoms with Crippen molar-refractivity contribution < 1.29 is 14.8 Å². The zero-order valence-corrected chi connectivity index (χ0v) is 9.34. The molecular formula is C11H15NO4. The van der Waals surface area contributed by atoms with Gasteiger partial charge in [-0.2, -0.15) is 0 Å². The van der Waals surface area contributed by atoms with Crippen LogP contribution in [0.3, 0.4) is 0 Å². The minimum Gasteiger partial charge on any atom is -0.496 e. The van der Waals surface area contributed by atoms with Gasteiger partial charge in [0.25, 0.3) is 5.69 Å². The third-order valence-electron chi connectivity index (χ3n) is 2.31. The van der Waals surface area contributed by atoms with Crippen LogP contribution in [0, 0.1) is 10.1 Å². The van der Waals surface area contributed by atoms with Crippen LogP contribution in [-0.4, -0.2) is 23.2 Å². The Kier molecular flexibility index (Phi) is 4.25. The number of ether oxygens (including phenoxy) is 1. The summed E-state index contributed by atoms with van der Waals surface area (Å²) in [7, 11) is 1.48. The smallest absolute Gasteiger partial charge is 0.273 e. The highest BCUT2D eigenvalue weighted by Crippen LogP contribution is 2.25. The molecule has 0 bridgehead atoms. The molecule has 0 unspecified atom stereocenters. The summed E-state index contributed by atoms with van der Waals surface area (Å²) in [6.45, 7) is 1.71. The first-order chi connectivity index (χ1) is 7.54. The van der Waals surface area contributed by atoms with E-state index >= 15 is 0 Å². The number of nitrogens with zero attached hydrogens (tertiary/aromatic N) is 1. The van der Waals surface area contributed by atoms with Crippen molar-refractivity contribution in [2.24, 2.45) is 0 Å². The van der Waals surface area contributed by atoms with Gasteiger partial charge in [-0.15, -0.1) is 0 Å². The van der Waals surface area contributed by atoms with Gasteiger partial charge < -0.3 is 9.84 Å². The van der Waals surface area contributed by atoms with E-state index in [4.69, 9.17) is 4.74 Å². The molecule has 1 aromatic carbocycles. The van der Waals surface area contributed by atoms with Gasteiger partial charge in [-0.1, -0.05) is 0 Å². The molecule has 0 amide bonds. The van der Waals surface area contributed by atoms with Crippen molar-refractivity contribution in [3.63, 3.8) is 0 Å². The average molecular weight is 225 g/mol. The lowest BCUT2D eigenvalue weighted by molar-refractivity contribution is -0.384. The largest absolute Gasteiger partial charge is 0.496 e. The Bertz CT molecular complexity index is 376. The first kappa shape index (κ1) is 12.4. The zero-order chi connectivity index (χ0) is 12.1. The summed E-state index contributed by atoms with van der Waals surface area (Å²) in [6, 6.07) is 4.51. The molecule has 0 saturated carbocycles. The van der Waals surface area contributed by atoms with Gasteiger partial charge in [-0.25, -0.2) is 0 Å². The topological polar surface area (TPSA) is 72.6 Å². The van der Waals surface area contributed by atoms with E-state index in [2.05, 4.69) is 0 Å². The highest BCUT2D eigenvalue weighted by molar-refractivity contribution is 5.44. The number of rotatable bonds is 5. The molecular weight excluding hydrogens is 210 g/mol. The van der Waals surface area contributed by atoms with Crippen LogP contribution in [0.4, 0.5) is 5.69 Å². The lowest BCUT2D eigenvalue weighted by Gasteiger charge is -2.09. The minimum absolute atomic E-state index is 0.0117. The van der Waals surface area contributed by atoms with E-state index in [1.165, 1.54) is 19.2 Å². The number of hydrogen-bond acceptors (Lipinski definition) is 4. The third kappa shape index (κ3) is 3.20. The second kappa shape index (κ2) is 5.46. The number of aliphatic hydroxyl groups is 1. The van der Waals surface area contributed by atoms with E-state index in [0.717, 1.165) is 5.56 Å². The molecule has 0 heterocycles. The quantitative estimate of drug-likeness (QED) is 0.613. The van der Waals surface area contributed by atoms with Gasteiger partial charge in [0.2, 0.25) is 0 Å². The van der Waals surface area contributed by atoms with E-state index in [1.54, 1.807) is 13.0 Å². The van der Waals surface area contributed by atoms with Crippen LogP contribution in [0.5, 0.6) is 5.75 Å². The highest BCUT2D eigenvalue weighted by atomic mass is 16.6. The molecule has 0 aliphatic rings. The van der Waals surface area contributed by atoms with E-state index in [-0.39, 0.29) is 11.8 Å². The summed E-state index contributed by atoms with van der Waals surface area (Å²) in [5, 5.41) is 19.7. The second-order valence-corrected chi connectivity index (χ2v) is 3.64. The minimum atomic E-state index is -0.457. The number of benzene rings is 1. The molecule has 5 heteroatoms. The van der Waals surface area contributed by atoms with Crippen LogP contribution < -0.4 is 4.74 Å². The van der Waals surface area contributed by atoms with Crippen LogP contribution in [0.1, 0.15) is 18.9 Å². The Morgan fingerprint density at radius 3 is 2.75 bits per heavy atom. The average Bonchev–Trinajstić information content (AvgIpc) is 2.25. The van der Waals surface area contributed by atoms with E-state index in [9.17, 15) is 15.2 Å². The summed E-state index contributed by atoms with van der Waals surface area (Å²) in [5.41, 5.74) is 0.881. The molecule has 0 aromatic heterocycles. The van der Waals surface area contributed by atoms with Crippen molar-refractivity contribution in [1.29, 1.82) is 0 Å². The van der Waals surface area contributed by atoms with Gasteiger partial charge in [0, 0.05) is 6.07 Å². The van der Waals surface area contributed by atoms with Crippen molar-refractivity contribution in [3.05, 3.63) is 33.9 Å². The Hall–Kier alpha value is -1.62. The first-order valence-corrected chi connectivity index (χ1v) is 5.04. The molecule has 5 nitrogen and oxygen atoms in total. The van der Waals surface area contributed by atoms with Crippen LogP contribution in [0.2, 0.25) is 0 Å². The first-order valence-electron chi connectivity index (χ1n) is 5.04. The monoisotopic (exact) mass is 225 g/mol. The summed E-state index contributed by atoms with van der Waals surface area (Å²) in [4.78, 5) is 10.1. The Balaban J connectivity index is 2.89. The Morgan fingerprint density at radius 2 is 2.25 bits per heavy atom. The van der Waals surface area contributed by atoms with E-state index in [0.29, 0.717) is 18.6 Å². The predicted molar refractivity (Wildman–Crippen MR) is 59.7 cm³/mol.